The lowest BCUT2D eigenvalue weighted by molar-refractivity contribution is -0.0321. The summed E-state index contributed by atoms with van der Waals surface area (Å²) in [7, 11) is 1.80. The maximum Gasteiger partial charge on any atom is 0.258 e. The molecule has 1 saturated heterocycles. The number of aromatic nitrogens is 1. The molecule has 0 bridgehead atoms. The monoisotopic (exact) mass is 307 g/mol. The van der Waals surface area contributed by atoms with E-state index in [0.717, 1.165) is 16.5 Å². The van der Waals surface area contributed by atoms with Gasteiger partial charge in [0.1, 0.15) is 16.9 Å². The summed E-state index contributed by atoms with van der Waals surface area (Å²) in [6.07, 6.45) is 1.41. The van der Waals surface area contributed by atoms with Crippen LogP contribution in [0.4, 0.5) is 5.00 Å². The highest BCUT2D eigenvalue weighted by molar-refractivity contribution is 7.10. The molecule has 112 valence electrons. The number of nitrogens with zero attached hydrogens (tertiary/aromatic N) is 2. The SMILES string of the molecule is CNc1snc(C)c1C(=O)N1CCO[C@@H](c2ccco2)C1. The minimum absolute atomic E-state index is 0.00884. The molecule has 21 heavy (non-hydrogen) atoms. The zero-order valence-electron chi connectivity index (χ0n) is 12.0. The standard InChI is InChI=1S/C14H17N3O3S/c1-9-12(13(15-2)21-16-9)14(18)17-5-7-20-11(8-17)10-4-3-6-19-10/h3-4,6,11,15H,5,7-8H2,1-2H3/t11-/m1/s1. The molecule has 3 heterocycles. The van der Waals surface area contributed by atoms with Gasteiger partial charge in [0, 0.05) is 13.6 Å². The summed E-state index contributed by atoms with van der Waals surface area (Å²) in [5.74, 6) is 0.743. The molecule has 7 heteroatoms. The summed E-state index contributed by atoms with van der Waals surface area (Å²) in [4.78, 5) is 14.5. The summed E-state index contributed by atoms with van der Waals surface area (Å²) < 4.78 is 15.3. The molecule has 0 spiro atoms. The van der Waals surface area contributed by atoms with Crippen LogP contribution in [-0.4, -0.2) is 41.9 Å². The third kappa shape index (κ3) is 2.66. The first-order valence-electron chi connectivity index (χ1n) is 6.79. The molecule has 6 nitrogen and oxygen atoms in total. The van der Waals surface area contributed by atoms with Crippen LogP contribution < -0.4 is 5.32 Å². The van der Waals surface area contributed by atoms with Gasteiger partial charge in [-0.25, -0.2) is 0 Å². The lowest BCUT2D eigenvalue weighted by Crippen LogP contribution is -2.42. The Hall–Kier alpha value is -1.86. The molecule has 0 radical (unpaired) electrons. The molecule has 2 aromatic rings. The van der Waals surface area contributed by atoms with Gasteiger partial charge in [-0.15, -0.1) is 0 Å². The quantitative estimate of drug-likeness (QED) is 0.942. The van der Waals surface area contributed by atoms with E-state index in [9.17, 15) is 4.79 Å². The Morgan fingerprint density at radius 3 is 3.14 bits per heavy atom. The predicted octanol–water partition coefficient (Wildman–Crippen LogP) is 2.30. The number of hydrogen-bond acceptors (Lipinski definition) is 6. The minimum atomic E-state index is -0.206. The topological polar surface area (TPSA) is 67.6 Å². The average Bonchev–Trinajstić information content (AvgIpc) is 3.16. The number of hydrogen-bond donors (Lipinski definition) is 1. The van der Waals surface area contributed by atoms with E-state index >= 15 is 0 Å². The van der Waals surface area contributed by atoms with Crippen LogP contribution in [-0.2, 0) is 4.74 Å². The van der Waals surface area contributed by atoms with Crippen LogP contribution in [0.15, 0.2) is 22.8 Å². The van der Waals surface area contributed by atoms with Gasteiger partial charge >= 0.3 is 0 Å². The zero-order chi connectivity index (χ0) is 14.8. The number of aryl methyl sites for hydroxylation is 1. The molecule has 1 aliphatic rings. The molecule has 1 atom stereocenters. The van der Waals surface area contributed by atoms with Gasteiger partial charge in [-0.2, -0.15) is 4.37 Å². The fraction of sp³-hybridized carbons (Fsp3) is 0.429. The molecule has 0 saturated carbocycles. The van der Waals surface area contributed by atoms with Gasteiger partial charge in [0.05, 0.1) is 30.7 Å². The number of amides is 1. The van der Waals surface area contributed by atoms with Crippen LogP contribution >= 0.6 is 11.5 Å². The molecular formula is C14H17N3O3S. The van der Waals surface area contributed by atoms with Crippen LogP contribution in [0.2, 0.25) is 0 Å². The predicted molar refractivity (Wildman–Crippen MR) is 79.7 cm³/mol. The van der Waals surface area contributed by atoms with E-state index in [-0.39, 0.29) is 12.0 Å². The van der Waals surface area contributed by atoms with Crippen molar-refractivity contribution >= 4 is 22.4 Å². The van der Waals surface area contributed by atoms with Gasteiger partial charge in [0.2, 0.25) is 0 Å². The van der Waals surface area contributed by atoms with Crippen LogP contribution in [0.25, 0.3) is 0 Å². The third-order valence-electron chi connectivity index (χ3n) is 3.52. The zero-order valence-corrected chi connectivity index (χ0v) is 12.8. The summed E-state index contributed by atoms with van der Waals surface area (Å²) in [5, 5.41) is 3.84. The number of nitrogens with one attached hydrogen (secondary N) is 1. The van der Waals surface area contributed by atoms with E-state index in [1.165, 1.54) is 11.5 Å². The largest absolute Gasteiger partial charge is 0.467 e. The molecule has 3 rings (SSSR count). The lowest BCUT2D eigenvalue weighted by atomic mass is 10.1. The summed E-state index contributed by atoms with van der Waals surface area (Å²) in [6, 6.07) is 3.70. The van der Waals surface area contributed by atoms with Crippen molar-refractivity contribution in [3.63, 3.8) is 0 Å². The second-order valence-electron chi connectivity index (χ2n) is 4.85. The van der Waals surface area contributed by atoms with E-state index in [4.69, 9.17) is 9.15 Å². The Morgan fingerprint density at radius 1 is 1.57 bits per heavy atom. The summed E-state index contributed by atoms with van der Waals surface area (Å²) >= 11 is 1.31. The molecule has 1 N–H and O–H groups in total. The van der Waals surface area contributed by atoms with Gasteiger partial charge in [0.25, 0.3) is 5.91 Å². The van der Waals surface area contributed by atoms with E-state index < -0.39 is 0 Å². The number of morpholine rings is 1. The molecule has 1 fully saturated rings. The highest BCUT2D eigenvalue weighted by atomic mass is 32.1. The smallest absolute Gasteiger partial charge is 0.258 e. The molecule has 0 aliphatic carbocycles. The van der Waals surface area contributed by atoms with Crippen molar-refractivity contribution in [3.8, 4) is 0 Å². The number of carbonyl (C=O) groups is 1. The van der Waals surface area contributed by atoms with Crippen molar-refractivity contribution in [1.29, 1.82) is 0 Å². The fourth-order valence-corrected chi connectivity index (χ4v) is 3.17. The molecule has 2 aromatic heterocycles. The highest BCUT2D eigenvalue weighted by Crippen LogP contribution is 2.28. The van der Waals surface area contributed by atoms with E-state index in [1.807, 2.05) is 19.1 Å². The Bertz CT molecular complexity index is 623. The number of anilines is 1. The Morgan fingerprint density at radius 2 is 2.43 bits per heavy atom. The number of carbonyl (C=O) groups excluding carboxylic acids is 1. The molecule has 0 aromatic carbocycles. The lowest BCUT2D eigenvalue weighted by Gasteiger charge is -2.32. The minimum Gasteiger partial charge on any atom is -0.467 e. The molecule has 1 aliphatic heterocycles. The van der Waals surface area contributed by atoms with Crippen LogP contribution in [0.3, 0.4) is 0 Å². The van der Waals surface area contributed by atoms with Gasteiger partial charge < -0.3 is 19.4 Å². The van der Waals surface area contributed by atoms with Crippen molar-refractivity contribution in [1.82, 2.24) is 9.27 Å². The summed E-state index contributed by atoms with van der Waals surface area (Å²) in [6.45, 7) is 3.43. The van der Waals surface area contributed by atoms with E-state index in [0.29, 0.717) is 25.3 Å². The van der Waals surface area contributed by atoms with Crippen molar-refractivity contribution in [2.45, 2.75) is 13.0 Å². The maximum atomic E-state index is 12.7. The Balaban J connectivity index is 1.80. The van der Waals surface area contributed by atoms with E-state index in [2.05, 4.69) is 9.69 Å². The molecule has 1 amide bonds. The molecular weight excluding hydrogens is 290 g/mol. The highest BCUT2D eigenvalue weighted by Gasteiger charge is 2.30. The van der Waals surface area contributed by atoms with Crippen molar-refractivity contribution in [2.24, 2.45) is 0 Å². The van der Waals surface area contributed by atoms with E-state index in [1.54, 1.807) is 18.2 Å². The van der Waals surface area contributed by atoms with Gasteiger partial charge in [0.15, 0.2) is 0 Å². The normalized spacial score (nSPS) is 18.8. The number of rotatable bonds is 3. The van der Waals surface area contributed by atoms with Crippen molar-refractivity contribution in [3.05, 3.63) is 35.4 Å². The second-order valence-corrected chi connectivity index (χ2v) is 5.62. The second kappa shape index (κ2) is 5.87. The number of furan rings is 1. The Kier molecular flexibility index (Phi) is 3.94. The van der Waals surface area contributed by atoms with Gasteiger partial charge in [-0.05, 0) is 30.6 Å². The number of ether oxygens (including phenoxy) is 1. The van der Waals surface area contributed by atoms with Crippen LogP contribution in [0, 0.1) is 6.92 Å². The average molecular weight is 307 g/mol. The maximum absolute atomic E-state index is 12.7. The van der Waals surface area contributed by atoms with Crippen molar-refractivity contribution < 1.29 is 13.9 Å². The first-order valence-corrected chi connectivity index (χ1v) is 7.56. The van der Waals surface area contributed by atoms with Crippen LogP contribution in [0.5, 0.6) is 0 Å². The Labute approximate surface area is 126 Å². The van der Waals surface area contributed by atoms with Gasteiger partial charge in [-0.1, -0.05) is 0 Å². The fourth-order valence-electron chi connectivity index (χ4n) is 2.43. The first kappa shape index (κ1) is 14.1. The molecule has 0 unspecified atom stereocenters. The first-order chi connectivity index (χ1) is 10.2. The van der Waals surface area contributed by atoms with Crippen molar-refractivity contribution in [2.75, 3.05) is 32.1 Å². The summed E-state index contributed by atoms with van der Waals surface area (Å²) in [5.41, 5.74) is 1.41. The third-order valence-corrected chi connectivity index (χ3v) is 4.47. The van der Waals surface area contributed by atoms with Crippen LogP contribution in [0.1, 0.15) is 27.9 Å². The van der Waals surface area contributed by atoms with Gasteiger partial charge in [-0.3, -0.25) is 4.79 Å².